The number of rotatable bonds is 4. The van der Waals surface area contributed by atoms with E-state index in [0.717, 1.165) is 6.54 Å². The Hall–Kier alpha value is 0.140. The molecule has 0 aliphatic heterocycles. The zero-order chi connectivity index (χ0) is 9.84. The summed E-state index contributed by atoms with van der Waals surface area (Å²) in [5.41, 5.74) is 1.37. The van der Waals surface area contributed by atoms with Crippen molar-refractivity contribution < 1.29 is 0 Å². The molecule has 0 amide bonds. The second kappa shape index (κ2) is 5.13. The fourth-order valence-electron chi connectivity index (χ4n) is 0.953. The van der Waals surface area contributed by atoms with Crippen LogP contribution in [0.4, 0.5) is 0 Å². The second-order valence-electron chi connectivity index (χ2n) is 3.67. The van der Waals surface area contributed by atoms with Crippen LogP contribution in [0.2, 0.25) is 0 Å². The Balaban J connectivity index is 2.35. The SMILES string of the molecule is CC(C)C(C)NCc1csc(Br)c1. The first-order valence-electron chi connectivity index (χ1n) is 4.56. The van der Waals surface area contributed by atoms with Crippen LogP contribution < -0.4 is 5.32 Å². The van der Waals surface area contributed by atoms with Crippen LogP contribution in [0, 0.1) is 5.92 Å². The minimum absolute atomic E-state index is 0.582. The largest absolute Gasteiger partial charge is 0.310 e. The van der Waals surface area contributed by atoms with E-state index in [0.29, 0.717) is 12.0 Å². The van der Waals surface area contributed by atoms with Gasteiger partial charge in [0.25, 0.3) is 0 Å². The van der Waals surface area contributed by atoms with Gasteiger partial charge in [0.2, 0.25) is 0 Å². The normalized spacial score (nSPS) is 13.6. The average molecular weight is 262 g/mol. The van der Waals surface area contributed by atoms with E-state index < -0.39 is 0 Å². The van der Waals surface area contributed by atoms with E-state index >= 15 is 0 Å². The molecular formula is C10H16BrNS. The van der Waals surface area contributed by atoms with Gasteiger partial charge >= 0.3 is 0 Å². The summed E-state index contributed by atoms with van der Waals surface area (Å²) < 4.78 is 1.21. The van der Waals surface area contributed by atoms with E-state index in [1.54, 1.807) is 11.3 Å². The number of halogens is 1. The van der Waals surface area contributed by atoms with E-state index in [9.17, 15) is 0 Å². The number of nitrogens with one attached hydrogen (secondary N) is 1. The molecule has 0 fully saturated rings. The Labute approximate surface area is 92.7 Å². The summed E-state index contributed by atoms with van der Waals surface area (Å²) in [5, 5.41) is 5.68. The van der Waals surface area contributed by atoms with Crippen molar-refractivity contribution in [3.8, 4) is 0 Å². The maximum atomic E-state index is 3.50. The monoisotopic (exact) mass is 261 g/mol. The summed E-state index contributed by atoms with van der Waals surface area (Å²) >= 11 is 5.20. The molecule has 0 aromatic carbocycles. The molecule has 1 unspecified atom stereocenters. The summed E-state index contributed by atoms with van der Waals surface area (Å²) in [4.78, 5) is 0. The molecule has 1 atom stereocenters. The van der Waals surface area contributed by atoms with Crippen LogP contribution in [0.5, 0.6) is 0 Å². The summed E-state index contributed by atoms with van der Waals surface area (Å²) in [6.45, 7) is 7.68. The minimum atomic E-state index is 0.582. The van der Waals surface area contributed by atoms with E-state index in [-0.39, 0.29) is 0 Å². The second-order valence-corrected chi connectivity index (χ2v) is 5.96. The molecule has 0 aliphatic carbocycles. The standard InChI is InChI=1S/C10H16BrNS/c1-7(2)8(3)12-5-9-4-10(11)13-6-9/h4,6-8,12H,5H2,1-3H3. The van der Waals surface area contributed by atoms with Gasteiger partial charge in [-0.1, -0.05) is 13.8 Å². The van der Waals surface area contributed by atoms with E-state index in [2.05, 4.69) is 53.5 Å². The molecule has 0 bridgehead atoms. The van der Waals surface area contributed by atoms with Gasteiger partial charge in [0.15, 0.2) is 0 Å². The fourth-order valence-corrected chi connectivity index (χ4v) is 2.16. The molecule has 1 heterocycles. The maximum Gasteiger partial charge on any atom is 0.0701 e. The van der Waals surface area contributed by atoms with E-state index in [1.807, 2.05) is 0 Å². The van der Waals surface area contributed by atoms with E-state index in [4.69, 9.17) is 0 Å². The van der Waals surface area contributed by atoms with Crippen molar-refractivity contribution in [2.24, 2.45) is 5.92 Å². The van der Waals surface area contributed by atoms with Gasteiger partial charge in [-0.3, -0.25) is 0 Å². The van der Waals surface area contributed by atoms with Crippen LogP contribution in [0.15, 0.2) is 15.2 Å². The van der Waals surface area contributed by atoms with Crippen molar-refractivity contribution in [2.75, 3.05) is 0 Å². The van der Waals surface area contributed by atoms with Crippen LogP contribution in [-0.2, 0) is 6.54 Å². The lowest BCUT2D eigenvalue weighted by atomic mass is 10.1. The van der Waals surface area contributed by atoms with Crippen molar-refractivity contribution in [1.82, 2.24) is 5.32 Å². The fraction of sp³-hybridized carbons (Fsp3) is 0.600. The first-order chi connectivity index (χ1) is 6.09. The Morgan fingerprint density at radius 1 is 1.46 bits per heavy atom. The summed E-state index contributed by atoms with van der Waals surface area (Å²) in [6, 6.07) is 2.75. The Morgan fingerprint density at radius 2 is 2.15 bits per heavy atom. The van der Waals surface area contributed by atoms with Gasteiger partial charge in [-0.15, -0.1) is 11.3 Å². The molecule has 1 aromatic rings. The molecule has 0 aliphatic rings. The molecule has 3 heteroatoms. The third-order valence-electron chi connectivity index (χ3n) is 2.25. The molecule has 0 radical (unpaired) electrons. The Morgan fingerprint density at radius 3 is 2.62 bits per heavy atom. The van der Waals surface area contributed by atoms with Gasteiger partial charge in [-0.2, -0.15) is 0 Å². The number of thiophene rings is 1. The molecular weight excluding hydrogens is 246 g/mol. The van der Waals surface area contributed by atoms with Crippen molar-refractivity contribution in [3.63, 3.8) is 0 Å². The van der Waals surface area contributed by atoms with Gasteiger partial charge in [-0.05, 0) is 45.8 Å². The molecule has 0 spiro atoms. The first-order valence-corrected chi connectivity index (χ1v) is 6.23. The number of hydrogen-bond donors (Lipinski definition) is 1. The predicted octanol–water partition coefficient (Wildman–Crippen LogP) is 3.64. The van der Waals surface area contributed by atoms with Crippen LogP contribution in [0.25, 0.3) is 0 Å². The van der Waals surface area contributed by atoms with Crippen LogP contribution >= 0.6 is 27.3 Å². The zero-order valence-electron chi connectivity index (χ0n) is 8.30. The third kappa shape index (κ3) is 3.79. The highest BCUT2D eigenvalue weighted by atomic mass is 79.9. The lowest BCUT2D eigenvalue weighted by molar-refractivity contribution is 0.426. The molecule has 1 nitrogen and oxygen atoms in total. The first kappa shape index (κ1) is 11.2. The van der Waals surface area contributed by atoms with Gasteiger partial charge in [-0.25, -0.2) is 0 Å². The Kier molecular flexibility index (Phi) is 4.42. The molecule has 13 heavy (non-hydrogen) atoms. The predicted molar refractivity (Wildman–Crippen MR) is 63.2 cm³/mol. The Bertz CT molecular complexity index is 257. The lowest BCUT2D eigenvalue weighted by Gasteiger charge is -2.16. The van der Waals surface area contributed by atoms with Gasteiger partial charge in [0.05, 0.1) is 3.79 Å². The van der Waals surface area contributed by atoms with Crippen LogP contribution in [0.3, 0.4) is 0 Å². The maximum absolute atomic E-state index is 3.50. The van der Waals surface area contributed by atoms with Crippen molar-refractivity contribution in [2.45, 2.75) is 33.4 Å². The van der Waals surface area contributed by atoms with Gasteiger partial charge in [0, 0.05) is 12.6 Å². The van der Waals surface area contributed by atoms with Crippen molar-refractivity contribution >= 4 is 27.3 Å². The van der Waals surface area contributed by atoms with Crippen molar-refractivity contribution in [1.29, 1.82) is 0 Å². The van der Waals surface area contributed by atoms with Crippen molar-refractivity contribution in [3.05, 3.63) is 20.8 Å². The number of hydrogen-bond acceptors (Lipinski definition) is 2. The minimum Gasteiger partial charge on any atom is -0.310 e. The van der Waals surface area contributed by atoms with E-state index in [1.165, 1.54) is 9.35 Å². The van der Waals surface area contributed by atoms with Crippen LogP contribution in [0.1, 0.15) is 26.3 Å². The average Bonchev–Trinajstić information content (AvgIpc) is 2.47. The summed E-state index contributed by atoms with van der Waals surface area (Å²) in [7, 11) is 0. The molecule has 1 N–H and O–H groups in total. The summed E-state index contributed by atoms with van der Waals surface area (Å²) in [6.07, 6.45) is 0. The molecule has 0 saturated heterocycles. The highest BCUT2D eigenvalue weighted by Crippen LogP contribution is 2.20. The highest BCUT2D eigenvalue weighted by molar-refractivity contribution is 9.11. The topological polar surface area (TPSA) is 12.0 Å². The molecule has 74 valence electrons. The quantitative estimate of drug-likeness (QED) is 0.873. The lowest BCUT2D eigenvalue weighted by Crippen LogP contribution is -2.29. The highest BCUT2D eigenvalue weighted by Gasteiger charge is 2.06. The smallest absolute Gasteiger partial charge is 0.0701 e. The van der Waals surface area contributed by atoms with Crippen LogP contribution in [-0.4, -0.2) is 6.04 Å². The van der Waals surface area contributed by atoms with Gasteiger partial charge < -0.3 is 5.32 Å². The summed E-state index contributed by atoms with van der Waals surface area (Å²) in [5.74, 6) is 0.696. The molecule has 0 saturated carbocycles. The molecule has 1 aromatic heterocycles. The zero-order valence-corrected chi connectivity index (χ0v) is 10.7. The third-order valence-corrected chi connectivity index (χ3v) is 3.80. The molecule has 1 rings (SSSR count). The van der Waals surface area contributed by atoms with Gasteiger partial charge in [0.1, 0.15) is 0 Å².